The first-order valence-electron chi connectivity index (χ1n) is 13.4. The fraction of sp³-hybridized carbons (Fsp3) is 0.0882. The molecule has 7 nitrogen and oxygen atoms in total. The van der Waals surface area contributed by atoms with Crippen molar-refractivity contribution in [1.29, 1.82) is 0 Å². The number of amides is 2. The Hall–Kier alpha value is -4.73. The van der Waals surface area contributed by atoms with Gasteiger partial charge in [-0.1, -0.05) is 82.7 Å². The molecular formula is C34H27BrN2O5S. The Bertz CT molecular complexity index is 1720. The first-order chi connectivity index (χ1) is 20.9. The van der Waals surface area contributed by atoms with Gasteiger partial charge in [0.1, 0.15) is 11.5 Å². The van der Waals surface area contributed by atoms with Gasteiger partial charge in [0.05, 0.1) is 30.1 Å². The van der Waals surface area contributed by atoms with Gasteiger partial charge < -0.3 is 20.5 Å². The number of ether oxygens (including phenoxy) is 1. The van der Waals surface area contributed by atoms with Crippen molar-refractivity contribution in [1.82, 2.24) is 5.32 Å². The minimum atomic E-state index is -1.06. The van der Waals surface area contributed by atoms with E-state index in [1.165, 1.54) is 11.3 Å². The molecule has 9 heteroatoms. The lowest BCUT2D eigenvalue weighted by Gasteiger charge is -2.20. The Morgan fingerprint density at radius 1 is 0.860 bits per heavy atom. The molecule has 0 radical (unpaired) electrons. The van der Waals surface area contributed by atoms with Gasteiger partial charge in [0, 0.05) is 14.9 Å². The molecule has 0 spiro atoms. The predicted molar refractivity (Wildman–Crippen MR) is 172 cm³/mol. The Kier molecular flexibility index (Phi) is 9.66. The van der Waals surface area contributed by atoms with Crippen LogP contribution in [0.5, 0.6) is 11.5 Å². The average molecular weight is 656 g/mol. The summed E-state index contributed by atoms with van der Waals surface area (Å²) in [4.78, 5) is 38.9. The summed E-state index contributed by atoms with van der Waals surface area (Å²) in [5.41, 5.74) is 2.92. The molecule has 4 aromatic carbocycles. The molecule has 3 N–H and O–H groups in total. The number of halogens is 1. The zero-order valence-corrected chi connectivity index (χ0v) is 25.2. The van der Waals surface area contributed by atoms with E-state index in [1.807, 2.05) is 84.2 Å². The summed E-state index contributed by atoms with van der Waals surface area (Å²) in [5, 5.41) is 17.2. The monoisotopic (exact) mass is 654 g/mol. The first kappa shape index (κ1) is 29.8. The van der Waals surface area contributed by atoms with Crippen LogP contribution in [-0.4, -0.2) is 22.9 Å². The molecule has 2 amide bonds. The van der Waals surface area contributed by atoms with Gasteiger partial charge in [-0.05, 0) is 59.0 Å². The van der Waals surface area contributed by atoms with Gasteiger partial charge in [0.25, 0.3) is 5.91 Å². The van der Waals surface area contributed by atoms with Crippen molar-refractivity contribution in [3.63, 3.8) is 0 Å². The number of hydrogen-bond acceptors (Lipinski definition) is 5. The maximum atomic E-state index is 13.5. The van der Waals surface area contributed by atoms with Crippen LogP contribution in [0, 0.1) is 0 Å². The topological polar surface area (TPSA) is 105 Å². The molecular weight excluding hydrogens is 628 g/mol. The van der Waals surface area contributed by atoms with E-state index in [4.69, 9.17) is 4.74 Å². The van der Waals surface area contributed by atoms with Crippen molar-refractivity contribution in [3.8, 4) is 22.6 Å². The number of rotatable bonds is 11. The highest BCUT2D eigenvalue weighted by molar-refractivity contribution is 9.10. The number of carboxylic acids is 1. The van der Waals surface area contributed by atoms with Crippen molar-refractivity contribution in [2.45, 2.75) is 18.9 Å². The van der Waals surface area contributed by atoms with Gasteiger partial charge in [-0.25, -0.2) is 0 Å². The number of hydrogen-bond donors (Lipinski definition) is 3. The molecule has 0 aliphatic heterocycles. The Morgan fingerprint density at radius 2 is 1.60 bits per heavy atom. The summed E-state index contributed by atoms with van der Waals surface area (Å²) in [5.74, 6) is -0.432. The van der Waals surface area contributed by atoms with E-state index in [1.54, 1.807) is 30.3 Å². The van der Waals surface area contributed by atoms with Crippen molar-refractivity contribution in [3.05, 3.63) is 135 Å². The van der Waals surface area contributed by atoms with Crippen LogP contribution in [0.4, 0.5) is 5.69 Å². The van der Waals surface area contributed by atoms with E-state index in [0.29, 0.717) is 27.2 Å². The van der Waals surface area contributed by atoms with Crippen molar-refractivity contribution in [2.75, 3.05) is 5.32 Å². The lowest BCUT2D eigenvalue weighted by atomic mass is 9.98. The van der Waals surface area contributed by atoms with Crippen molar-refractivity contribution < 1.29 is 24.2 Å². The summed E-state index contributed by atoms with van der Waals surface area (Å²) in [6.07, 6.45) is -0.144. The number of aliphatic carboxylic acids is 1. The summed E-state index contributed by atoms with van der Waals surface area (Å²) < 4.78 is 6.75. The molecule has 1 atom stereocenters. The summed E-state index contributed by atoms with van der Waals surface area (Å²) >= 11 is 4.87. The standard InChI is InChI=1S/C34H27BrN2O5S/c35-24-16-17-29(36-32(38)20-26-9-6-18-43-26)28(19-24)34(41)37-30(21-33(39)40)23-14-12-22(13-15-23)27-10-4-5-11-31(27)42-25-7-2-1-3-8-25/h1-19,30H,20-21H2,(H,36,38)(H,37,41)(H,39,40). The normalized spacial score (nSPS) is 11.4. The molecule has 0 bridgehead atoms. The molecule has 43 heavy (non-hydrogen) atoms. The Labute approximate surface area is 261 Å². The number of thiophene rings is 1. The maximum Gasteiger partial charge on any atom is 0.305 e. The zero-order valence-electron chi connectivity index (χ0n) is 22.8. The average Bonchev–Trinajstić information content (AvgIpc) is 3.51. The minimum absolute atomic E-state index is 0.183. The van der Waals surface area contributed by atoms with Crippen LogP contribution in [-0.2, 0) is 16.0 Å². The van der Waals surface area contributed by atoms with Crippen LogP contribution in [0.2, 0.25) is 0 Å². The van der Waals surface area contributed by atoms with Gasteiger partial charge in [0.15, 0.2) is 0 Å². The van der Waals surface area contributed by atoms with E-state index in [2.05, 4.69) is 26.6 Å². The largest absolute Gasteiger partial charge is 0.481 e. The van der Waals surface area contributed by atoms with E-state index >= 15 is 0 Å². The highest BCUT2D eigenvalue weighted by atomic mass is 79.9. The van der Waals surface area contributed by atoms with E-state index < -0.39 is 17.9 Å². The SMILES string of the molecule is O=C(O)CC(NC(=O)c1cc(Br)ccc1NC(=O)Cc1cccs1)c1ccc(-c2ccccc2Oc2ccccc2)cc1. The number of carboxylic acid groups (broad SMARTS) is 1. The van der Waals surface area contributed by atoms with Gasteiger partial charge >= 0.3 is 5.97 Å². The van der Waals surface area contributed by atoms with Crippen LogP contribution < -0.4 is 15.4 Å². The Balaban J connectivity index is 1.36. The first-order valence-corrected chi connectivity index (χ1v) is 15.1. The van der Waals surface area contributed by atoms with E-state index in [-0.39, 0.29) is 24.3 Å². The number of nitrogens with one attached hydrogen (secondary N) is 2. The van der Waals surface area contributed by atoms with Gasteiger partial charge in [-0.2, -0.15) is 0 Å². The number of carbonyl (C=O) groups is 3. The van der Waals surface area contributed by atoms with Gasteiger partial charge in [-0.3, -0.25) is 14.4 Å². The highest BCUT2D eigenvalue weighted by Crippen LogP contribution is 2.34. The van der Waals surface area contributed by atoms with Crippen molar-refractivity contribution >= 4 is 50.7 Å². The molecule has 1 heterocycles. The van der Waals surface area contributed by atoms with Crippen LogP contribution in [0.15, 0.2) is 119 Å². The smallest absolute Gasteiger partial charge is 0.305 e. The minimum Gasteiger partial charge on any atom is -0.481 e. The molecule has 0 saturated heterocycles. The van der Waals surface area contributed by atoms with Gasteiger partial charge in [-0.15, -0.1) is 11.3 Å². The predicted octanol–water partition coefficient (Wildman–Crippen LogP) is 8.10. The van der Waals surface area contributed by atoms with Crippen molar-refractivity contribution in [2.24, 2.45) is 0 Å². The molecule has 5 rings (SSSR count). The quantitative estimate of drug-likeness (QED) is 0.133. The van der Waals surface area contributed by atoms with Crippen LogP contribution in [0.3, 0.4) is 0 Å². The highest BCUT2D eigenvalue weighted by Gasteiger charge is 2.22. The molecule has 0 aliphatic rings. The third-order valence-corrected chi connectivity index (χ3v) is 7.95. The fourth-order valence-corrected chi connectivity index (χ4v) is 5.61. The lowest BCUT2D eigenvalue weighted by Crippen LogP contribution is -2.31. The number of benzene rings is 4. The number of carbonyl (C=O) groups excluding carboxylic acids is 2. The molecule has 1 unspecified atom stereocenters. The van der Waals surface area contributed by atoms with Crippen LogP contribution >= 0.6 is 27.3 Å². The van der Waals surface area contributed by atoms with E-state index in [9.17, 15) is 19.5 Å². The summed E-state index contributed by atoms with van der Waals surface area (Å²) in [6, 6.07) is 32.4. The number of anilines is 1. The van der Waals surface area contributed by atoms with Gasteiger partial charge in [0.2, 0.25) is 5.91 Å². The van der Waals surface area contributed by atoms with E-state index in [0.717, 1.165) is 16.0 Å². The lowest BCUT2D eigenvalue weighted by molar-refractivity contribution is -0.137. The molecule has 5 aromatic rings. The molecule has 1 aromatic heterocycles. The molecule has 0 aliphatic carbocycles. The molecule has 0 fully saturated rings. The molecule has 0 saturated carbocycles. The molecule has 216 valence electrons. The second-order valence-electron chi connectivity index (χ2n) is 9.65. The second kappa shape index (κ2) is 14.0. The zero-order chi connectivity index (χ0) is 30.2. The third-order valence-electron chi connectivity index (χ3n) is 6.58. The fourth-order valence-electron chi connectivity index (χ4n) is 4.55. The summed E-state index contributed by atoms with van der Waals surface area (Å²) in [6.45, 7) is 0. The summed E-state index contributed by atoms with van der Waals surface area (Å²) in [7, 11) is 0. The van der Waals surface area contributed by atoms with Crippen LogP contribution in [0.25, 0.3) is 11.1 Å². The second-order valence-corrected chi connectivity index (χ2v) is 11.6. The number of para-hydroxylation sites is 2. The van der Waals surface area contributed by atoms with Crippen LogP contribution in [0.1, 0.15) is 33.3 Å². The Morgan fingerprint density at radius 3 is 2.33 bits per heavy atom. The maximum absolute atomic E-state index is 13.5. The third kappa shape index (κ3) is 7.97.